The molecular formula is C21H15FN4O2S. The molecule has 4 rings (SSSR count). The molecule has 0 radical (unpaired) electrons. The molecule has 144 valence electrons. The van der Waals surface area contributed by atoms with E-state index in [-0.39, 0.29) is 17.2 Å². The molecule has 2 aromatic heterocycles. The van der Waals surface area contributed by atoms with Crippen LogP contribution in [-0.2, 0) is 4.79 Å². The fraction of sp³-hybridized carbons (Fsp3) is 0.0476. The maximum absolute atomic E-state index is 13.3. The van der Waals surface area contributed by atoms with Crippen molar-refractivity contribution in [1.29, 1.82) is 0 Å². The highest BCUT2D eigenvalue weighted by atomic mass is 32.2. The number of carbonyl (C=O) groups excluding carboxylic acids is 1. The summed E-state index contributed by atoms with van der Waals surface area (Å²) in [5.41, 5.74) is 1.23. The standard InChI is InChI=1S/C21H15FN4O2S/c22-14-5-3-6-15(11-14)24-19(27)13-29-21-25-18-9-2-1-8-17(18)20(28)26(21)16-7-4-10-23-12-16/h1-12H,13H2,(H,24,27). The molecule has 8 heteroatoms. The molecule has 2 heterocycles. The van der Waals surface area contributed by atoms with Crippen molar-refractivity contribution in [2.24, 2.45) is 0 Å². The maximum Gasteiger partial charge on any atom is 0.266 e. The second-order valence-corrected chi connectivity index (χ2v) is 7.05. The van der Waals surface area contributed by atoms with Crippen LogP contribution in [0.3, 0.4) is 0 Å². The molecule has 0 saturated heterocycles. The van der Waals surface area contributed by atoms with E-state index in [1.807, 2.05) is 0 Å². The van der Waals surface area contributed by atoms with Crippen LogP contribution in [0.25, 0.3) is 16.6 Å². The van der Waals surface area contributed by atoms with Crippen molar-refractivity contribution in [2.45, 2.75) is 5.16 Å². The zero-order chi connectivity index (χ0) is 20.2. The van der Waals surface area contributed by atoms with Crippen LogP contribution in [0, 0.1) is 5.82 Å². The molecule has 2 aromatic carbocycles. The van der Waals surface area contributed by atoms with Crippen LogP contribution >= 0.6 is 11.8 Å². The van der Waals surface area contributed by atoms with Gasteiger partial charge in [-0.3, -0.25) is 19.1 Å². The topological polar surface area (TPSA) is 76.9 Å². The quantitative estimate of drug-likeness (QED) is 0.404. The first-order valence-electron chi connectivity index (χ1n) is 8.72. The Morgan fingerprint density at radius 1 is 1.10 bits per heavy atom. The lowest BCUT2D eigenvalue weighted by atomic mass is 10.2. The van der Waals surface area contributed by atoms with Gasteiger partial charge in [-0.25, -0.2) is 9.37 Å². The van der Waals surface area contributed by atoms with Crippen molar-refractivity contribution in [2.75, 3.05) is 11.1 Å². The van der Waals surface area contributed by atoms with Crippen molar-refractivity contribution in [3.05, 3.63) is 89.2 Å². The summed E-state index contributed by atoms with van der Waals surface area (Å²) in [6.45, 7) is 0. The molecule has 0 aliphatic carbocycles. The van der Waals surface area contributed by atoms with Crippen LogP contribution < -0.4 is 10.9 Å². The Morgan fingerprint density at radius 2 is 1.97 bits per heavy atom. The van der Waals surface area contributed by atoms with E-state index < -0.39 is 5.82 Å². The maximum atomic E-state index is 13.3. The van der Waals surface area contributed by atoms with Crippen molar-refractivity contribution in [3.8, 4) is 5.69 Å². The Kier molecular flexibility index (Phi) is 5.35. The van der Waals surface area contributed by atoms with Gasteiger partial charge in [0.15, 0.2) is 5.16 Å². The summed E-state index contributed by atoms with van der Waals surface area (Å²) >= 11 is 1.12. The van der Waals surface area contributed by atoms with Gasteiger partial charge in [0.25, 0.3) is 5.56 Å². The van der Waals surface area contributed by atoms with Gasteiger partial charge in [0.1, 0.15) is 5.82 Å². The van der Waals surface area contributed by atoms with Crippen LogP contribution in [-0.4, -0.2) is 26.2 Å². The second-order valence-electron chi connectivity index (χ2n) is 6.11. The fourth-order valence-electron chi connectivity index (χ4n) is 2.82. The van der Waals surface area contributed by atoms with Gasteiger partial charge < -0.3 is 5.32 Å². The normalized spacial score (nSPS) is 10.8. The van der Waals surface area contributed by atoms with Crippen LogP contribution in [0.4, 0.5) is 10.1 Å². The fourth-order valence-corrected chi connectivity index (χ4v) is 3.63. The smallest absolute Gasteiger partial charge is 0.266 e. The van der Waals surface area contributed by atoms with E-state index in [9.17, 15) is 14.0 Å². The zero-order valence-corrected chi connectivity index (χ0v) is 15.9. The number of hydrogen-bond donors (Lipinski definition) is 1. The summed E-state index contributed by atoms with van der Waals surface area (Å²) in [6, 6.07) is 16.2. The third kappa shape index (κ3) is 4.17. The number of pyridine rings is 1. The van der Waals surface area contributed by atoms with E-state index in [4.69, 9.17) is 0 Å². The number of aromatic nitrogens is 3. The molecule has 1 amide bonds. The minimum Gasteiger partial charge on any atom is -0.325 e. The Labute approximate surface area is 169 Å². The summed E-state index contributed by atoms with van der Waals surface area (Å²) in [4.78, 5) is 34.0. The third-order valence-corrected chi connectivity index (χ3v) is 5.03. The van der Waals surface area contributed by atoms with Crippen molar-refractivity contribution < 1.29 is 9.18 Å². The van der Waals surface area contributed by atoms with Crippen molar-refractivity contribution in [3.63, 3.8) is 0 Å². The SMILES string of the molecule is O=C(CSc1nc2ccccc2c(=O)n1-c1cccnc1)Nc1cccc(F)c1. The van der Waals surface area contributed by atoms with Crippen LogP contribution in [0.1, 0.15) is 0 Å². The van der Waals surface area contributed by atoms with Crippen LogP contribution in [0.15, 0.2) is 83.0 Å². The molecule has 0 fully saturated rings. The molecule has 1 N–H and O–H groups in total. The number of thioether (sulfide) groups is 1. The van der Waals surface area contributed by atoms with Crippen LogP contribution in [0.5, 0.6) is 0 Å². The zero-order valence-electron chi connectivity index (χ0n) is 15.1. The highest BCUT2D eigenvalue weighted by Gasteiger charge is 2.15. The third-order valence-electron chi connectivity index (χ3n) is 4.09. The minimum absolute atomic E-state index is 0.00154. The van der Waals surface area contributed by atoms with Crippen molar-refractivity contribution >= 4 is 34.3 Å². The Hall–Kier alpha value is -3.52. The van der Waals surface area contributed by atoms with Gasteiger partial charge in [-0.2, -0.15) is 0 Å². The number of amides is 1. The average molecular weight is 406 g/mol. The van der Waals surface area contributed by atoms with E-state index in [0.717, 1.165) is 11.8 Å². The van der Waals surface area contributed by atoms with Gasteiger partial charge in [-0.05, 0) is 42.5 Å². The first-order valence-corrected chi connectivity index (χ1v) is 9.71. The summed E-state index contributed by atoms with van der Waals surface area (Å²) in [6.07, 6.45) is 3.18. The number of carbonyl (C=O) groups is 1. The molecule has 0 aliphatic heterocycles. The molecule has 29 heavy (non-hydrogen) atoms. The highest BCUT2D eigenvalue weighted by molar-refractivity contribution is 7.99. The number of hydrogen-bond acceptors (Lipinski definition) is 5. The number of benzene rings is 2. The first kappa shape index (κ1) is 18.8. The Balaban J connectivity index is 1.66. The molecule has 0 saturated carbocycles. The average Bonchev–Trinajstić information content (AvgIpc) is 2.73. The van der Waals surface area contributed by atoms with Crippen LogP contribution in [0.2, 0.25) is 0 Å². The molecular weight excluding hydrogens is 391 g/mol. The van der Waals surface area contributed by atoms with E-state index in [1.54, 1.807) is 54.9 Å². The van der Waals surface area contributed by atoms with Gasteiger partial charge in [0.05, 0.1) is 28.5 Å². The summed E-state index contributed by atoms with van der Waals surface area (Å²) in [7, 11) is 0. The number of halogens is 1. The second kappa shape index (κ2) is 8.24. The van der Waals surface area contributed by atoms with E-state index in [2.05, 4.69) is 15.3 Å². The molecule has 0 spiro atoms. The molecule has 0 unspecified atom stereocenters. The number of fused-ring (bicyclic) bond motifs is 1. The minimum atomic E-state index is -0.433. The number of anilines is 1. The van der Waals surface area contributed by atoms with Crippen molar-refractivity contribution in [1.82, 2.24) is 14.5 Å². The molecule has 0 bridgehead atoms. The van der Waals surface area contributed by atoms with E-state index in [0.29, 0.717) is 27.4 Å². The first-order chi connectivity index (χ1) is 14.1. The molecule has 0 atom stereocenters. The predicted octanol–water partition coefficient (Wildman–Crippen LogP) is 3.65. The number of rotatable bonds is 5. The lowest BCUT2D eigenvalue weighted by Gasteiger charge is -2.13. The largest absolute Gasteiger partial charge is 0.325 e. The Morgan fingerprint density at radius 3 is 2.76 bits per heavy atom. The predicted molar refractivity (Wildman–Crippen MR) is 111 cm³/mol. The Bertz CT molecular complexity index is 1240. The molecule has 6 nitrogen and oxygen atoms in total. The van der Waals surface area contributed by atoms with E-state index >= 15 is 0 Å². The van der Waals surface area contributed by atoms with Gasteiger partial charge in [0, 0.05) is 11.9 Å². The van der Waals surface area contributed by atoms with Gasteiger partial charge in [-0.15, -0.1) is 0 Å². The lowest BCUT2D eigenvalue weighted by Crippen LogP contribution is -2.23. The highest BCUT2D eigenvalue weighted by Crippen LogP contribution is 2.21. The van der Waals surface area contributed by atoms with Gasteiger partial charge in [0.2, 0.25) is 5.91 Å². The lowest BCUT2D eigenvalue weighted by molar-refractivity contribution is -0.113. The summed E-state index contributed by atoms with van der Waals surface area (Å²) in [5.74, 6) is -0.764. The van der Waals surface area contributed by atoms with Gasteiger partial charge >= 0.3 is 0 Å². The molecule has 0 aliphatic rings. The summed E-state index contributed by atoms with van der Waals surface area (Å²) in [5, 5.41) is 3.48. The van der Waals surface area contributed by atoms with Gasteiger partial charge in [-0.1, -0.05) is 30.0 Å². The van der Waals surface area contributed by atoms with E-state index in [1.165, 1.54) is 22.8 Å². The number of nitrogens with one attached hydrogen (secondary N) is 1. The molecule has 4 aromatic rings. The summed E-state index contributed by atoms with van der Waals surface area (Å²) < 4.78 is 14.7. The number of nitrogens with zero attached hydrogens (tertiary/aromatic N) is 3. The number of para-hydroxylation sites is 1. The monoisotopic (exact) mass is 406 g/mol.